The van der Waals surface area contributed by atoms with Gasteiger partial charge in [0.2, 0.25) is 0 Å². The molecule has 1 aromatic carbocycles. The lowest BCUT2D eigenvalue weighted by Gasteiger charge is -2.07. The second-order valence-corrected chi connectivity index (χ2v) is 6.87. The van der Waals surface area contributed by atoms with E-state index in [0.29, 0.717) is 22.4 Å². The van der Waals surface area contributed by atoms with Crippen molar-refractivity contribution in [2.75, 3.05) is 0 Å². The van der Waals surface area contributed by atoms with Crippen LogP contribution in [0.15, 0.2) is 48.8 Å². The molecule has 0 saturated carbocycles. The number of carbonyl (C=O) groups is 1. The Balaban J connectivity index is 0.00000141. The van der Waals surface area contributed by atoms with Gasteiger partial charge in [-0.3, -0.25) is 4.79 Å². The van der Waals surface area contributed by atoms with Crippen LogP contribution >= 0.6 is 0 Å². The number of imidazole rings is 1. The molecule has 0 unspecified atom stereocenters. The van der Waals surface area contributed by atoms with Crippen LogP contribution < -0.4 is 4.74 Å². The zero-order chi connectivity index (χ0) is 23.1. The predicted molar refractivity (Wildman–Crippen MR) is 124 cm³/mol. The lowest BCUT2D eigenvalue weighted by atomic mass is 10.0. The van der Waals surface area contributed by atoms with Gasteiger partial charge in [-0.2, -0.15) is 0 Å². The smallest absolute Gasteiger partial charge is 0.195 e. The zero-order valence-corrected chi connectivity index (χ0v) is 18.7. The fourth-order valence-corrected chi connectivity index (χ4v) is 3.20. The minimum Gasteiger partial charge on any atom is -0.483 e. The third-order valence-electron chi connectivity index (χ3n) is 4.74. The van der Waals surface area contributed by atoms with Gasteiger partial charge in [0.15, 0.2) is 17.3 Å². The molecule has 0 atom stereocenters. The van der Waals surface area contributed by atoms with Crippen molar-refractivity contribution in [3.05, 3.63) is 83.0 Å². The Morgan fingerprint density at radius 2 is 2.06 bits per heavy atom. The number of benzene rings is 1. The molecule has 0 spiro atoms. The number of H-pyrrole nitrogens is 2. The summed E-state index contributed by atoms with van der Waals surface area (Å²) in [6.07, 6.45) is 8.11. The average Bonchev–Trinajstić information content (AvgIpc) is 3.40. The van der Waals surface area contributed by atoms with E-state index in [9.17, 15) is 9.18 Å². The molecule has 4 aromatic rings. The van der Waals surface area contributed by atoms with Crippen molar-refractivity contribution in [3.8, 4) is 5.75 Å². The first-order valence-electron chi connectivity index (χ1n) is 10.7. The van der Waals surface area contributed by atoms with E-state index in [1.807, 2.05) is 32.9 Å². The van der Waals surface area contributed by atoms with Gasteiger partial charge >= 0.3 is 0 Å². The number of ketones is 1. The second-order valence-electron chi connectivity index (χ2n) is 6.87. The molecule has 3 heterocycles. The maximum atomic E-state index is 14.6. The highest BCUT2D eigenvalue weighted by Gasteiger charge is 2.17. The first-order chi connectivity index (χ1) is 15.6. The quantitative estimate of drug-likeness (QED) is 0.350. The largest absolute Gasteiger partial charge is 0.483 e. The summed E-state index contributed by atoms with van der Waals surface area (Å²) in [6.45, 7) is 8.07. The van der Waals surface area contributed by atoms with E-state index >= 15 is 0 Å². The van der Waals surface area contributed by atoms with E-state index < -0.39 is 5.82 Å². The number of nitrogens with zero attached hydrogens (tertiary/aromatic N) is 2. The van der Waals surface area contributed by atoms with Crippen molar-refractivity contribution in [2.24, 2.45) is 0 Å². The number of pyridine rings is 1. The number of hydrogen-bond donors (Lipinski definition) is 2. The standard InChI is InChI=1S/C23H21FN4O2.C2H6/c1-3-4-7-19-14(2)27-21(28-19)13-30-20-9-8-15(11-18(20)24)22(29)17-12-26-23-16(17)6-5-10-25-23;1-2/h4-12H,3,13H2,1-2H3,(H,25,26)(H,27,28);1-2H3/b7-4-;. The van der Waals surface area contributed by atoms with Crippen molar-refractivity contribution in [3.63, 3.8) is 0 Å². The number of carbonyl (C=O) groups excluding carboxylic acids is 1. The minimum atomic E-state index is -0.604. The summed E-state index contributed by atoms with van der Waals surface area (Å²) >= 11 is 0. The van der Waals surface area contributed by atoms with Crippen molar-refractivity contribution < 1.29 is 13.9 Å². The average molecular weight is 435 g/mol. The number of aryl methyl sites for hydroxylation is 1. The number of nitrogens with one attached hydrogen (secondary N) is 2. The Morgan fingerprint density at radius 3 is 2.81 bits per heavy atom. The molecule has 0 radical (unpaired) electrons. The van der Waals surface area contributed by atoms with Crippen LogP contribution in [0.5, 0.6) is 5.75 Å². The van der Waals surface area contributed by atoms with E-state index in [2.05, 4.69) is 26.9 Å². The van der Waals surface area contributed by atoms with Gasteiger partial charge in [0.25, 0.3) is 0 Å². The van der Waals surface area contributed by atoms with Crippen LogP contribution in [0.4, 0.5) is 4.39 Å². The number of hydrogen-bond acceptors (Lipinski definition) is 4. The van der Waals surface area contributed by atoms with Crippen LogP contribution in [0, 0.1) is 12.7 Å². The summed E-state index contributed by atoms with van der Waals surface area (Å²) in [5, 5.41) is 0.698. The molecule has 32 heavy (non-hydrogen) atoms. The maximum absolute atomic E-state index is 14.6. The molecule has 0 aliphatic heterocycles. The Morgan fingerprint density at radius 1 is 1.25 bits per heavy atom. The van der Waals surface area contributed by atoms with E-state index in [1.165, 1.54) is 12.1 Å². The van der Waals surface area contributed by atoms with Gasteiger partial charge in [-0.1, -0.05) is 26.8 Å². The molecule has 7 heteroatoms. The summed E-state index contributed by atoms with van der Waals surface area (Å²) in [6, 6.07) is 7.76. The third-order valence-corrected chi connectivity index (χ3v) is 4.74. The van der Waals surface area contributed by atoms with E-state index in [0.717, 1.165) is 17.8 Å². The van der Waals surface area contributed by atoms with Crippen LogP contribution in [0.1, 0.15) is 60.3 Å². The number of fused-ring (bicyclic) bond motifs is 1. The molecule has 2 N–H and O–H groups in total. The van der Waals surface area contributed by atoms with Gasteiger partial charge in [-0.25, -0.2) is 14.4 Å². The molecule has 4 rings (SSSR count). The zero-order valence-electron chi connectivity index (χ0n) is 18.7. The first kappa shape index (κ1) is 22.9. The lowest BCUT2D eigenvalue weighted by molar-refractivity contribution is 0.103. The van der Waals surface area contributed by atoms with E-state index in [1.54, 1.807) is 30.6 Å². The highest BCUT2D eigenvalue weighted by atomic mass is 19.1. The van der Waals surface area contributed by atoms with Crippen LogP contribution in [0.2, 0.25) is 0 Å². The molecule has 0 amide bonds. The monoisotopic (exact) mass is 434 g/mol. The summed E-state index contributed by atoms with van der Waals surface area (Å²) in [5.74, 6) is -0.220. The normalized spacial score (nSPS) is 10.9. The molecule has 0 aliphatic carbocycles. The Kier molecular flexibility index (Phi) is 7.54. The summed E-state index contributed by atoms with van der Waals surface area (Å²) in [7, 11) is 0. The number of halogens is 1. The lowest BCUT2D eigenvalue weighted by Crippen LogP contribution is -2.03. The summed E-state index contributed by atoms with van der Waals surface area (Å²) in [4.78, 5) is 27.5. The molecular formula is C25H27FN4O2. The highest BCUT2D eigenvalue weighted by molar-refractivity contribution is 6.15. The molecule has 6 nitrogen and oxygen atoms in total. The summed E-state index contributed by atoms with van der Waals surface area (Å²) in [5.41, 5.74) is 3.07. The van der Waals surface area contributed by atoms with Crippen molar-refractivity contribution >= 4 is 22.9 Å². The Bertz CT molecular complexity index is 1240. The minimum absolute atomic E-state index is 0.0619. The molecular weight excluding hydrogens is 407 g/mol. The molecule has 0 aliphatic rings. The molecule has 0 fully saturated rings. The highest BCUT2D eigenvalue weighted by Crippen LogP contribution is 2.24. The fourth-order valence-electron chi connectivity index (χ4n) is 3.20. The van der Waals surface area contributed by atoms with Crippen LogP contribution in [0.3, 0.4) is 0 Å². The number of ether oxygens (including phenoxy) is 1. The molecule has 3 aromatic heterocycles. The number of allylic oxidation sites excluding steroid dienone is 1. The van der Waals surface area contributed by atoms with Gasteiger partial charge in [0.05, 0.1) is 5.69 Å². The number of rotatable bonds is 7. The summed E-state index contributed by atoms with van der Waals surface area (Å²) < 4.78 is 20.2. The Hall–Kier alpha value is -3.74. The second kappa shape index (κ2) is 10.5. The van der Waals surface area contributed by atoms with Crippen LogP contribution in [0.25, 0.3) is 17.1 Å². The van der Waals surface area contributed by atoms with Gasteiger partial charge < -0.3 is 14.7 Å². The van der Waals surface area contributed by atoms with Crippen molar-refractivity contribution in [1.82, 2.24) is 19.9 Å². The fraction of sp³-hybridized carbons (Fsp3) is 0.240. The third kappa shape index (κ3) is 4.94. The Labute approximate surface area is 186 Å². The number of aromatic nitrogens is 4. The molecule has 166 valence electrons. The SMILES string of the molecule is CC.CC/C=C\c1nc(COc2ccc(C(=O)c3c[nH]c4ncccc34)cc2F)[nH]c1C. The van der Waals surface area contributed by atoms with Crippen LogP contribution in [-0.2, 0) is 6.61 Å². The van der Waals surface area contributed by atoms with E-state index in [4.69, 9.17) is 4.74 Å². The predicted octanol–water partition coefficient (Wildman–Crippen LogP) is 5.99. The molecule has 0 saturated heterocycles. The molecule has 0 bridgehead atoms. The van der Waals surface area contributed by atoms with Gasteiger partial charge in [-0.05, 0) is 49.8 Å². The topological polar surface area (TPSA) is 83.7 Å². The first-order valence-corrected chi connectivity index (χ1v) is 10.7. The van der Waals surface area contributed by atoms with Crippen LogP contribution in [-0.4, -0.2) is 25.7 Å². The van der Waals surface area contributed by atoms with Gasteiger partial charge in [0, 0.05) is 34.6 Å². The van der Waals surface area contributed by atoms with Gasteiger partial charge in [0.1, 0.15) is 18.1 Å². The van der Waals surface area contributed by atoms with Gasteiger partial charge in [-0.15, -0.1) is 0 Å². The van der Waals surface area contributed by atoms with Crippen molar-refractivity contribution in [2.45, 2.75) is 40.7 Å². The number of aromatic amines is 2. The maximum Gasteiger partial charge on any atom is 0.195 e. The van der Waals surface area contributed by atoms with Crippen molar-refractivity contribution in [1.29, 1.82) is 0 Å². The van der Waals surface area contributed by atoms with E-state index in [-0.39, 0.29) is 23.7 Å².